The predicted octanol–water partition coefficient (Wildman–Crippen LogP) is 1.42. The van der Waals surface area contributed by atoms with Crippen molar-refractivity contribution in [2.75, 3.05) is 0 Å². The molecule has 0 saturated carbocycles. The van der Waals surface area contributed by atoms with Crippen LogP contribution in [0.2, 0.25) is 0 Å². The Labute approximate surface area is 94.7 Å². The Kier molecular flexibility index (Phi) is 6.92. The summed E-state index contributed by atoms with van der Waals surface area (Å²) in [5.41, 5.74) is 0. The first-order valence-electron chi connectivity index (χ1n) is 5.09. The van der Waals surface area contributed by atoms with E-state index in [-0.39, 0.29) is 48.8 Å². The second kappa shape index (κ2) is 7.68. The topological polar surface area (TPSA) is 68.3 Å². The summed E-state index contributed by atoms with van der Waals surface area (Å²) in [5, 5.41) is 0. The van der Waals surface area contributed by atoms with Gasteiger partial charge in [0.1, 0.15) is 23.1 Å². The van der Waals surface area contributed by atoms with Gasteiger partial charge in [-0.2, -0.15) is 0 Å². The molecule has 0 bridgehead atoms. The van der Waals surface area contributed by atoms with Crippen molar-refractivity contribution in [1.82, 2.24) is 0 Å². The fraction of sp³-hybridized carbons (Fsp3) is 0.500. The summed E-state index contributed by atoms with van der Waals surface area (Å²) in [6, 6.07) is 0. The van der Waals surface area contributed by atoms with E-state index in [1.54, 1.807) is 12.2 Å². The lowest BCUT2D eigenvalue weighted by Gasteiger charge is -1.93. The minimum absolute atomic E-state index is 0.0638. The second-order valence-electron chi connectivity index (χ2n) is 3.71. The van der Waals surface area contributed by atoms with Crippen LogP contribution in [0.1, 0.15) is 39.5 Å². The van der Waals surface area contributed by atoms with Gasteiger partial charge in [0, 0.05) is 12.8 Å². The van der Waals surface area contributed by atoms with Gasteiger partial charge in [-0.05, 0) is 13.8 Å². The van der Waals surface area contributed by atoms with Crippen LogP contribution in [0.4, 0.5) is 0 Å². The smallest absolute Gasteiger partial charge is 0.143 e. The van der Waals surface area contributed by atoms with Gasteiger partial charge in [0.25, 0.3) is 0 Å². The molecule has 0 spiro atoms. The maximum absolute atomic E-state index is 11.1. The molecule has 0 atom stereocenters. The molecular weight excluding hydrogens is 208 g/mol. The molecule has 0 aliphatic heterocycles. The molecule has 0 amide bonds. The highest BCUT2D eigenvalue weighted by molar-refractivity contribution is 5.99. The Morgan fingerprint density at radius 2 is 1.06 bits per heavy atom. The minimum Gasteiger partial charge on any atom is -0.300 e. The summed E-state index contributed by atoms with van der Waals surface area (Å²) < 4.78 is 0. The summed E-state index contributed by atoms with van der Waals surface area (Å²) in [6.45, 7) is 2.72. The first-order valence-corrected chi connectivity index (χ1v) is 5.09. The molecule has 0 radical (unpaired) electrons. The largest absolute Gasteiger partial charge is 0.300 e. The molecule has 0 aliphatic rings. The number of rotatable bonds is 8. The molecule has 4 nitrogen and oxygen atoms in total. The van der Waals surface area contributed by atoms with Gasteiger partial charge in [0.15, 0.2) is 0 Å². The molecule has 0 rings (SSSR count). The van der Waals surface area contributed by atoms with E-state index in [1.165, 1.54) is 13.8 Å². The zero-order valence-electron chi connectivity index (χ0n) is 9.62. The lowest BCUT2D eigenvalue weighted by atomic mass is 10.1. The number of allylic oxidation sites excluding steroid dienone is 2. The molecule has 88 valence electrons. The maximum Gasteiger partial charge on any atom is 0.143 e. The normalized spacial score (nSPS) is 10.4. The average Bonchev–Trinajstić information content (AvgIpc) is 2.10. The van der Waals surface area contributed by atoms with E-state index in [9.17, 15) is 19.2 Å². The van der Waals surface area contributed by atoms with E-state index in [4.69, 9.17) is 0 Å². The molecule has 0 fully saturated rings. The van der Waals surface area contributed by atoms with E-state index in [2.05, 4.69) is 0 Å². The standard InChI is InChI=1S/C12H16O4/c1-9(13)7-11(15)5-3-4-6-12(16)8-10(2)14/h3-4H,5-8H2,1-2H3. The van der Waals surface area contributed by atoms with E-state index < -0.39 is 0 Å². The van der Waals surface area contributed by atoms with Crippen molar-refractivity contribution in [2.24, 2.45) is 0 Å². The highest BCUT2D eigenvalue weighted by atomic mass is 16.2. The van der Waals surface area contributed by atoms with Crippen molar-refractivity contribution in [3.05, 3.63) is 12.2 Å². The Bertz CT molecular complexity index is 294. The van der Waals surface area contributed by atoms with Crippen LogP contribution < -0.4 is 0 Å². The average molecular weight is 224 g/mol. The van der Waals surface area contributed by atoms with Gasteiger partial charge in [-0.15, -0.1) is 0 Å². The second-order valence-corrected chi connectivity index (χ2v) is 3.71. The number of hydrogen-bond donors (Lipinski definition) is 0. The van der Waals surface area contributed by atoms with Gasteiger partial charge < -0.3 is 0 Å². The Balaban J connectivity index is 3.77. The first kappa shape index (κ1) is 14.4. The van der Waals surface area contributed by atoms with Crippen LogP contribution in [0.15, 0.2) is 12.2 Å². The maximum atomic E-state index is 11.1. The molecule has 16 heavy (non-hydrogen) atoms. The predicted molar refractivity (Wildman–Crippen MR) is 59.0 cm³/mol. The van der Waals surface area contributed by atoms with Crippen LogP contribution in [-0.2, 0) is 19.2 Å². The number of ketones is 4. The zero-order valence-corrected chi connectivity index (χ0v) is 9.62. The van der Waals surface area contributed by atoms with Gasteiger partial charge in [-0.3, -0.25) is 19.2 Å². The number of hydrogen-bond acceptors (Lipinski definition) is 4. The van der Waals surface area contributed by atoms with E-state index in [0.717, 1.165) is 0 Å². The summed E-state index contributed by atoms with van der Waals surface area (Å²) in [4.78, 5) is 43.3. The van der Waals surface area contributed by atoms with E-state index >= 15 is 0 Å². The quantitative estimate of drug-likeness (QED) is 0.462. The third-order valence-electron chi connectivity index (χ3n) is 1.75. The Morgan fingerprint density at radius 1 is 0.750 bits per heavy atom. The first-order chi connectivity index (χ1) is 7.41. The van der Waals surface area contributed by atoms with Crippen LogP contribution in [0, 0.1) is 0 Å². The number of Topliss-reactive ketones (excluding diaryl/α,β-unsaturated/α-hetero) is 4. The Morgan fingerprint density at radius 3 is 1.31 bits per heavy atom. The van der Waals surface area contributed by atoms with Crippen molar-refractivity contribution in [1.29, 1.82) is 0 Å². The minimum atomic E-state index is -0.164. The molecule has 0 unspecified atom stereocenters. The highest BCUT2D eigenvalue weighted by Crippen LogP contribution is 1.97. The van der Waals surface area contributed by atoms with Gasteiger partial charge in [-0.25, -0.2) is 0 Å². The molecule has 0 aromatic carbocycles. The fourth-order valence-corrected chi connectivity index (χ4v) is 1.13. The molecule has 0 saturated heterocycles. The number of carbonyl (C=O) groups is 4. The van der Waals surface area contributed by atoms with E-state index in [0.29, 0.717) is 0 Å². The zero-order chi connectivity index (χ0) is 12.6. The van der Waals surface area contributed by atoms with Crippen LogP contribution in [0.25, 0.3) is 0 Å². The lowest BCUT2D eigenvalue weighted by molar-refractivity contribution is -0.127. The summed E-state index contributed by atoms with van der Waals surface area (Å²) >= 11 is 0. The fourth-order valence-electron chi connectivity index (χ4n) is 1.13. The lowest BCUT2D eigenvalue weighted by Crippen LogP contribution is -2.03. The van der Waals surface area contributed by atoms with E-state index in [1.807, 2.05) is 0 Å². The molecule has 0 aromatic rings. The number of carbonyl (C=O) groups excluding carboxylic acids is 4. The SMILES string of the molecule is CC(=O)CC(=O)CC=CCC(=O)CC(C)=O. The molecule has 4 heteroatoms. The summed E-state index contributed by atoms with van der Waals surface area (Å²) in [6.07, 6.45) is 3.31. The van der Waals surface area contributed by atoms with Gasteiger partial charge in [0.05, 0.1) is 12.8 Å². The third-order valence-corrected chi connectivity index (χ3v) is 1.75. The van der Waals surface area contributed by atoms with Crippen molar-refractivity contribution < 1.29 is 19.2 Å². The highest BCUT2D eigenvalue weighted by Gasteiger charge is 2.04. The van der Waals surface area contributed by atoms with Crippen LogP contribution in [-0.4, -0.2) is 23.1 Å². The monoisotopic (exact) mass is 224 g/mol. The van der Waals surface area contributed by atoms with Crippen LogP contribution in [0.3, 0.4) is 0 Å². The Hall–Kier alpha value is -1.58. The van der Waals surface area contributed by atoms with Crippen molar-refractivity contribution >= 4 is 23.1 Å². The summed E-state index contributed by atoms with van der Waals surface area (Å²) in [5.74, 6) is -0.650. The molecular formula is C12H16O4. The molecule has 0 aliphatic carbocycles. The van der Waals surface area contributed by atoms with Gasteiger partial charge >= 0.3 is 0 Å². The molecule has 0 heterocycles. The van der Waals surface area contributed by atoms with Crippen molar-refractivity contribution in [2.45, 2.75) is 39.5 Å². The van der Waals surface area contributed by atoms with Crippen LogP contribution in [0.5, 0.6) is 0 Å². The molecule has 0 aromatic heterocycles. The summed E-state index contributed by atoms with van der Waals surface area (Å²) in [7, 11) is 0. The van der Waals surface area contributed by atoms with Gasteiger partial charge in [0.2, 0.25) is 0 Å². The molecule has 0 N–H and O–H groups in total. The van der Waals surface area contributed by atoms with Crippen LogP contribution >= 0.6 is 0 Å². The van der Waals surface area contributed by atoms with Crippen molar-refractivity contribution in [3.8, 4) is 0 Å². The van der Waals surface area contributed by atoms with Crippen molar-refractivity contribution in [3.63, 3.8) is 0 Å². The third kappa shape index (κ3) is 8.99. The van der Waals surface area contributed by atoms with Gasteiger partial charge in [-0.1, -0.05) is 12.2 Å².